The number of fused-ring (bicyclic) bond motifs is 1. The monoisotopic (exact) mass is 422 g/mol. The Morgan fingerprint density at radius 1 is 1.24 bits per heavy atom. The molecule has 0 spiro atoms. The lowest BCUT2D eigenvalue weighted by molar-refractivity contribution is -0.385. The van der Waals surface area contributed by atoms with E-state index in [1.165, 1.54) is 16.4 Å². The molecule has 1 aromatic carbocycles. The predicted octanol–water partition coefficient (Wildman–Crippen LogP) is 1.33. The lowest BCUT2D eigenvalue weighted by atomic mass is 10.2. The number of nitrogens with one attached hydrogen (secondary N) is 1. The molecular weight excluding hydrogens is 400 g/mol. The predicted molar refractivity (Wildman–Crippen MR) is 103 cm³/mol. The molecule has 2 aliphatic rings. The smallest absolute Gasteiger partial charge is 0.270 e. The molecule has 0 aliphatic carbocycles. The highest BCUT2D eigenvalue weighted by Gasteiger charge is 2.31. The van der Waals surface area contributed by atoms with Crippen molar-refractivity contribution in [2.24, 2.45) is 0 Å². The van der Waals surface area contributed by atoms with Crippen LogP contribution in [0.1, 0.15) is 31.0 Å². The fourth-order valence-corrected chi connectivity index (χ4v) is 5.26. The number of aryl methyl sites for hydroxylation is 1. The third-order valence-corrected chi connectivity index (χ3v) is 7.10. The number of morpholine rings is 1. The third-order valence-electron chi connectivity index (χ3n) is 5.16. The standard InChI is InChI=1S/C17H22N6O5S/c1-12(17-20-19-16-3-2-6-22(16)17)18-14-5-4-13(23(24)25)11-15(14)29(26,27)21-7-9-28-10-8-21/h4-5,11-12,18H,2-3,6-10H2,1H3/t12-/m1/s1. The molecule has 1 saturated heterocycles. The summed E-state index contributed by atoms with van der Waals surface area (Å²) < 4.78 is 35.0. The van der Waals surface area contributed by atoms with Crippen molar-refractivity contribution in [2.45, 2.75) is 37.2 Å². The summed E-state index contributed by atoms with van der Waals surface area (Å²) in [7, 11) is -3.93. The van der Waals surface area contributed by atoms with Gasteiger partial charge in [-0.1, -0.05) is 0 Å². The van der Waals surface area contributed by atoms with Crippen LogP contribution in [0.15, 0.2) is 23.1 Å². The lowest BCUT2D eigenvalue weighted by Gasteiger charge is -2.27. The maximum Gasteiger partial charge on any atom is 0.270 e. The van der Waals surface area contributed by atoms with Crippen molar-refractivity contribution < 1.29 is 18.1 Å². The largest absolute Gasteiger partial charge is 0.379 e. The van der Waals surface area contributed by atoms with Crippen molar-refractivity contribution in [3.8, 4) is 0 Å². The van der Waals surface area contributed by atoms with Crippen LogP contribution >= 0.6 is 0 Å². The number of anilines is 1. The van der Waals surface area contributed by atoms with Gasteiger partial charge in [-0.15, -0.1) is 10.2 Å². The highest BCUT2D eigenvalue weighted by Crippen LogP contribution is 2.32. The van der Waals surface area contributed by atoms with Crippen molar-refractivity contribution >= 4 is 21.4 Å². The quantitative estimate of drug-likeness (QED) is 0.544. The first-order chi connectivity index (χ1) is 13.9. The molecule has 4 rings (SSSR count). The number of aromatic nitrogens is 3. The minimum atomic E-state index is -3.93. The Labute approximate surface area is 167 Å². The lowest BCUT2D eigenvalue weighted by Crippen LogP contribution is -2.40. The van der Waals surface area contributed by atoms with Crippen LogP contribution in [-0.2, 0) is 27.7 Å². The summed E-state index contributed by atoms with van der Waals surface area (Å²) in [6.45, 7) is 3.68. The van der Waals surface area contributed by atoms with E-state index in [-0.39, 0.29) is 29.7 Å². The number of sulfonamides is 1. The van der Waals surface area contributed by atoms with E-state index in [4.69, 9.17) is 4.74 Å². The molecule has 12 heteroatoms. The minimum Gasteiger partial charge on any atom is -0.379 e. The van der Waals surface area contributed by atoms with E-state index in [0.717, 1.165) is 31.3 Å². The number of hydrogen-bond donors (Lipinski definition) is 1. The Morgan fingerprint density at radius 2 is 2.00 bits per heavy atom. The molecule has 0 bridgehead atoms. The molecule has 11 nitrogen and oxygen atoms in total. The van der Waals surface area contributed by atoms with Gasteiger partial charge in [0.15, 0.2) is 5.82 Å². The average Bonchev–Trinajstić information content (AvgIpc) is 3.32. The van der Waals surface area contributed by atoms with Gasteiger partial charge < -0.3 is 14.6 Å². The van der Waals surface area contributed by atoms with E-state index in [0.29, 0.717) is 24.7 Å². The Hall–Kier alpha value is -2.57. The van der Waals surface area contributed by atoms with Crippen molar-refractivity contribution in [1.82, 2.24) is 19.1 Å². The van der Waals surface area contributed by atoms with Crippen LogP contribution in [0.3, 0.4) is 0 Å². The second-order valence-corrected chi connectivity index (χ2v) is 8.96. The molecule has 0 radical (unpaired) electrons. The number of ether oxygens (including phenoxy) is 1. The fraction of sp³-hybridized carbons (Fsp3) is 0.529. The molecule has 0 amide bonds. The second-order valence-electron chi connectivity index (χ2n) is 7.05. The van der Waals surface area contributed by atoms with Gasteiger partial charge in [0.25, 0.3) is 5.69 Å². The SMILES string of the molecule is C[C@@H](Nc1ccc([N+](=O)[O-])cc1S(=O)(=O)N1CCOCC1)c1nnc2n1CCC2. The summed E-state index contributed by atoms with van der Waals surface area (Å²) in [5.74, 6) is 1.63. The van der Waals surface area contributed by atoms with Crippen molar-refractivity contribution in [3.05, 3.63) is 40.0 Å². The van der Waals surface area contributed by atoms with Gasteiger partial charge >= 0.3 is 0 Å². The minimum absolute atomic E-state index is 0.124. The summed E-state index contributed by atoms with van der Waals surface area (Å²) in [4.78, 5) is 10.5. The van der Waals surface area contributed by atoms with Crippen molar-refractivity contribution in [3.63, 3.8) is 0 Å². The molecule has 0 unspecified atom stereocenters. The van der Waals surface area contributed by atoms with Crippen LogP contribution in [0.4, 0.5) is 11.4 Å². The van der Waals surface area contributed by atoms with Gasteiger partial charge in [-0.05, 0) is 19.4 Å². The molecular formula is C17H22N6O5S. The third kappa shape index (κ3) is 3.70. The first-order valence-corrected chi connectivity index (χ1v) is 10.9. The number of nitro benzene ring substituents is 1. The molecule has 1 aromatic heterocycles. The van der Waals surface area contributed by atoms with Crippen LogP contribution in [0.5, 0.6) is 0 Å². The summed E-state index contributed by atoms with van der Waals surface area (Å²) in [5.41, 5.74) is 0.0170. The Morgan fingerprint density at radius 3 is 2.72 bits per heavy atom. The molecule has 1 N–H and O–H groups in total. The first-order valence-electron chi connectivity index (χ1n) is 9.43. The van der Waals surface area contributed by atoms with Crippen LogP contribution in [0.2, 0.25) is 0 Å². The number of hydrogen-bond acceptors (Lipinski definition) is 8. The maximum atomic E-state index is 13.2. The summed E-state index contributed by atoms with van der Waals surface area (Å²) in [6.07, 6.45) is 1.87. The number of nitro groups is 1. The zero-order valence-electron chi connectivity index (χ0n) is 15.9. The Bertz CT molecular complexity index is 1030. The van der Waals surface area contributed by atoms with E-state index >= 15 is 0 Å². The Kier molecular flexibility index (Phi) is 5.23. The van der Waals surface area contributed by atoms with Gasteiger partial charge in [-0.25, -0.2) is 8.42 Å². The van der Waals surface area contributed by atoms with Gasteiger partial charge in [0, 0.05) is 38.2 Å². The molecule has 2 aliphatic heterocycles. The van der Waals surface area contributed by atoms with Gasteiger partial charge in [0.2, 0.25) is 10.0 Å². The maximum absolute atomic E-state index is 13.2. The van der Waals surface area contributed by atoms with Gasteiger partial charge in [-0.2, -0.15) is 4.31 Å². The van der Waals surface area contributed by atoms with Crippen molar-refractivity contribution in [2.75, 3.05) is 31.6 Å². The zero-order chi connectivity index (χ0) is 20.6. The fourth-order valence-electron chi connectivity index (χ4n) is 3.67. The van der Waals surface area contributed by atoms with E-state index in [2.05, 4.69) is 15.5 Å². The van der Waals surface area contributed by atoms with E-state index in [1.807, 2.05) is 11.5 Å². The number of non-ortho nitro benzene ring substituents is 1. The molecule has 156 valence electrons. The first kappa shape index (κ1) is 19.7. The summed E-state index contributed by atoms with van der Waals surface area (Å²) in [6, 6.07) is 3.51. The molecule has 1 fully saturated rings. The average molecular weight is 422 g/mol. The molecule has 3 heterocycles. The number of rotatable bonds is 6. The van der Waals surface area contributed by atoms with Crippen LogP contribution in [0, 0.1) is 10.1 Å². The Balaban J connectivity index is 1.69. The number of nitrogens with zero attached hydrogens (tertiary/aromatic N) is 5. The number of benzene rings is 1. The van der Waals surface area contributed by atoms with Gasteiger partial charge in [0.05, 0.1) is 29.9 Å². The topological polar surface area (TPSA) is 132 Å². The summed E-state index contributed by atoms with van der Waals surface area (Å²) in [5, 5.41) is 22.8. The molecule has 29 heavy (non-hydrogen) atoms. The van der Waals surface area contributed by atoms with Gasteiger partial charge in [-0.3, -0.25) is 10.1 Å². The molecule has 2 aromatic rings. The van der Waals surface area contributed by atoms with Crippen LogP contribution < -0.4 is 5.32 Å². The van der Waals surface area contributed by atoms with E-state index in [9.17, 15) is 18.5 Å². The van der Waals surface area contributed by atoms with Crippen LogP contribution in [0.25, 0.3) is 0 Å². The highest BCUT2D eigenvalue weighted by molar-refractivity contribution is 7.89. The molecule has 0 saturated carbocycles. The van der Waals surface area contributed by atoms with Crippen molar-refractivity contribution in [1.29, 1.82) is 0 Å². The van der Waals surface area contributed by atoms with E-state index in [1.54, 1.807) is 0 Å². The van der Waals surface area contributed by atoms with Gasteiger partial charge in [0.1, 0.15) is 10.7 Å². The normalized spacial score (nSPS) is 18.4. The van der Waals surface area contributed by atoms with E-state index < -0.39 is 14.9 Å². The second kappa shape index (κ2) is 7.69. The summed E-state index contributed by atoms with van der Waals surface area (Å²) >= 11 is 0. The van der Waals surface area contributed by atoms with Crippen LogP contribution in [-0.4, -0.2) is 58.7 Å². The zero-order valence-corrected chi connectivity index (χ0v) is 16.8. The molecule has 1 atom stereocenters. The highest BCUT2D eigenvalue weighted by atomic mass is 32.2.